The predicted octanol–water partition coefficient (Wildman–Crippen LogP) is 1.35. The standard InChI is InChI=1S/C15H20N2O2/c1-15(2,3)17-10-13(18)16-12(14(17)19)9-11-7-5-4-6-8-11/h4-8,12H,9-10H2,1-3H3,(H,16,18). The number of nitrogens with one attached hydrogen (secondary N) is 1. The van der Waals surface area contributed by atoms with Crippen molar-refractivity contribution in [3.8, 4) is 0 Å². The second-order valence-corrected chi connectivity index (χ2v) is 5.91. The summed E-state index contributed by atoms with van der Waals surface area (Å²) >= 11 is 0. The van der Waals surface area contributed by atoms with Gasteiger partial charge in [0.1, 0.15) is 12.6 Å². The summed E-state index contributed by atoms with van der Waals surface area (Å²) in [5, 5.41) is 2.79. The van der Waals surface area contributed by atoms with Gasteiger partial charge in [0.25, 0.3) is 0 Å². The molecule has 0 radical (unpaired) electrons. The highest BCUT2D eigenvalue weighted by molar-refractivity contribution is 5.95. The lowest BCUT2D eigenvalue weighted by atomic mass is 9.98. The molecule has 1 aromatic carbocycles. The molecule has 4 nitrogen and oxygen atoms in total. The van der Waals surface area contributed by atoms with Gasteiger partial charge in [-0.05, 0) is 26.3 Å². The van der Waals surface area contributed by atoms with Gasteiger partial charge < -0.3 is 10.2 Å². The summed E-state index contributed by atoms with van der Waals surface area (Å²) in [6, 6.07) is 9.29. The Morgan fingerprint density at radius 1 is 1.21 bits per heavy atom. The van der Waals surface area contributed by atoms with Crippen LogP contribution in [0, 0.1) is 0 Å². The van der Waals surface area contributed by atoms with Crippen LogP contribution in [0.1, 0.15) is 26.3 Å². The van der Waals surface area contributed by atoms with E-state index in [1.807, 2.05) is 51.1 Å². The number of rotatable bonds is 2. The number of hydrogen-bond donors (Lipinski definition) is 1. The van der Waals surface area contributed by atoms with E-state index >= 15 is 0 Å². The molecular weight excluding hydrogens is 240 g/mol. The Morgan fingerprint density at radius 2 is 1.84 bits per heavy atom. The van der Waals surface area contributed by atoms with E-state index in [0.29, 0.717) is 6.42 Å². The van der Waals surface area contributed by atoms with Crippen molar-refractivity contribution >= 4 is 11.8 Å². The Morgan fingerprint density at radius 3 is 2.42 bits per heavy atom. The highest BCUT2D eigenvalue weighted by atomic mass is 16.2. The number of nitrogens with zero attached hydrogens (tertiary/aromatic N) is 1. The molecule has 1 saturated heterocycles. The second kappa shape index (κ2) is 5.03. The number of amides is 2. The monoisotopic (exact) mass is 260 g/mol. The Bertz CT molecular complexity index is 477. The van der Waals surface area contributed by atoms with Crippen LogP contribution < -0.4 is 5.32 Å². The highest BCUT2D eigenvalue weighted by Crippen LogP contribution is 2.18. The van der Waals surface area contributed by atoms with E-state index < -0.39 is 6.04 Å². The molecule has 0 saturated carbocycles. The van der Waals surface area contributed by atoms with Crippen molar-refractivity contribution in [1.82, 2.24) is 10.2 Å². The average Bonchev–Trinajstić information content (AvgIpc) is 2.33. The molecule has 1 atom stereocenters. The van der Waals surface area contributed by atoms with Crippen LogP contribution in [0.4, 0.5) is 0 Å². The molecule has 0 aromatic heterocycles. The molecule has 1 aromatic rings. The summed E-state index contributed by atoms with van der Waals surface area (Å²) in [5.74, 6) is -0.0913. The van der Waals surface area contributed by atoms with Gasteiger partial charge in [-0.25, -0.2) is 0 Å². The molecule has 2 rings (SSSR count). The van der Waals surface area contributed by atoms with Gasteiger partial charge in [0, 0.05) is 12.0 Å². The van der Waals surface area contributed by atoms with Crippen molar-refractivity contribution < 1.29 is 9.59 Å². The Balaban J connectivity index is 2.16. The minimum Gasteiger partial charge on any atom is -0.342 e. The summed E-state index contributed by atoms with van der Waals surface area (Å²) in [5.41, 5.74) is 0.723. The topological polar surface area (TPSA) is 49.4 Å². The van der Waals surface area contributed by atoms with Crippen LogP contribution in [0.2, 0.25) is 0 Å². The summed E-state index contributed by atoms with van der Waals surface area (Å²) in [4.78, 5) is 25.8. The molecule has 0 spiro atoms. The predicted molar refractivity (Wildman–Crippen MR) is 73.5 cm³/mol. The Hall–Kier alpha value is -1.84. The first kappa shape index (κ1) is 13.6. The zero-order chi connectivity index (χ0) is 14.0. The van der Waals surface area contributed by atoms with Gasteiger partial charge in [-0.1, -0.05) is 30.3 Å². The summed E-state index contributed by atoms with van der Waals surface area (Å²) < 4.78 is 0. The number of benzene rings is 1. The van der Waals surface area contributed by atoms with E-state index in [0.717, 1.165) is 5.56 Å². The van der Waals surface area contributed by atoms with Crippen LogP contribution in [-0.2, 0) is 16.0 Å². The SMILES string of the molecule is CC(C)(C)N1CC(=O)NC(Cc2ccccc2)C1=O. The third-order valence-corrected chi connectivity index (χ3v) is 3.29. The van der Waals surface area contributed by atoms with Crippen LogP contribution >= 0.6 is 0 Å². The first-order chi connectivity index (χ1) is 8.88. The fraction of sp³-hybridized carbons (Fsp3) is 0.467. The Kier molecular flexibility index (Phi) is 3.60. The van der Waals surface area contributed by atoms with E-state index in [1.54, 1.807) is 4.90 Å². The molecular formula is C15H20N2O2. The zero-order valence-electron chi connectivity index (χ0n) is 11.6. The third kappa shape index (κ3) is 3.13. The van der Waals surface area contributed by atoms with Gasteiger partial charge >= 0.3 is 0 Å². The fourth-order valence-electron chi connectivity index (χ4n) is 2.27. The summed E-state index contributed by atoms with van der Waals surface area (Å²) in [6.07, 6.45) is 0.540. The van der Waals surface area contributed by atoms with E-state index in [1.165, 1.54) is 0 Å². The maximum absolute atomic E-state index is 12.4. The number of hydrogen-bond acceptors (Lipinski definition) is 2. The molecule has 0 bridgehead atoms. The van der Waals surface area contributed by atoms with Crippen LogP contribution in [0.25, 0.3) is 0 Å². The van der Waals surface area contributed by atoms with Gasteiger partial charge in [0.2, 0.25) is 11.8 Å². The first-order valence-electron chi connectivity index (χ1n) is 6.53. The molecule has 1 fully saturated rings. The minimum absolute atomic E-state index is 0.00375. The molecule has 19 heavy (non-hydrogen) atoms. The van der Waals surface area contributed by atoms with Crippen molar-refractivity contribution in [1.29, 1.82) is 0 Å². The minimum atomic E-state index is -0.456. The van der Waals surface area contributed by atoms with Gasteiger partial charge in [0.15, 0.2) is 0 Å². The smallest absolute Gasteiger partial charge is 0.246 e. The van der Waals surface area contributed by atoms with Crippen molar-refractivity contribution in [3.63, 3.8) is 0 Å². The lowest BCUT2D eigenvalue weighted by Gasteiger charge is -2.41. The molecule has 4 heteroatoms. The van der Waals surface area contributed by atoms with Crippen LogP contribution in [0.3, 0.4) is 0 Å². The van der Waals surface area contributed by atoms with Crippen LogP contribution in [-0.4, -0.2) is 34.8 Å². The Labute approximate surface area is 113 Å². The van der Waals surface area contributed by atoms with Crippen molar-refractivity contribution in [3.05, 3.63) is 35.9 Å². The lowest BCUT2D eigenvalue weighted by molar-refractivity contribution is -0.149. The average molecular weight is 260 g/mol. The van der Waals surface area contributed by atoms with Gasteiger partial charge in [-0.2, -0.15) is 0 Å². The molecule has 1 unspecified atom stereocenters. The summed E-state index contributed by atoms with van der Waals surface area (Å²) in [6.45, 7) is 5.99. The maximum atomic E-state index is 12.4. The summed E-state index contributed by atoms with van der Waals surface area (Å²) in [7, 11) is 0. The lowest BCUT2D eigenvalue weighted by Crippen LogP contribution is -2.63. The molecule has 0 aliphatic carbocycles. The second-order valence-electron chi connectivity index (χ2n) is 5.91. The van der Waals surface area contributed by atoms with E-state index in [4.69, 9.17) is 0 Å². The van der Waals surface area contributed by atoms with Crippen molar-refractivity contribution in [2.75, 3.05) is 6.54 Å². The molecule has 1 aliphatic heterocycles. The first-order valence-corrected chi connectivity index (χ1v) is 6.53. The molecule has 1 N–H and O–H groups in total. The van der Waals surface area contributed by atoms with E-state index in [9.17, 15) is 9.59 Å². The molecule has 102 valence electrons. The van der Waals surface area contributed by atoms with Crippen molar-refractivity contribution in [2.45, 2.75) is 38.8 Å². The molecule has 2 amide bonds. The van der Waals surface area contributed by atoms with Crippen LogP contribution in [0.15, 0.2) is 30.3 Å². The quantitative estimate of drug-likeness (QED) is 0.872. The number of carbonyl (C=O) groups is 2. The van der Waals surface area contributed by atoms with E-state index in [-0.39, 0.29) is 23.9 Å². The van der Waals surface area contributed by atoms with Gasteiger partial charge in [0.05, 0.1) is 0 Å². The van der Waals surface area contributed by atoms with Gasteiger partial charge in [-0.15, -0.1) is 0 Å². The van der Waals surface area contributed by atoms with Crippen molar-refractivity contribution in [2.24, 2.45) is 0 Å². The largest absolute Gasteiger partial charge is 0.342 e. The number of piperazine rings is 1. The highest BCUT2D eigenvalue weighted by Gasteiger charge is 2.37. The maximum Gasteiger partial charge on any atom is 0.246 e. The fourth-order valence-corrected chi connectivity index (χ4v) is 2.27. The zero-order valence-corrected chi connectivity index (χ0v) is 11.6. The van der Waals surface area contributed by atoms with Gasteiger partial charge in [-0.3, -0.25) is 9.59 Å². The molecule has 1 aliphatic rings. The van der Waals surface area contributed by atoms with Crippen LogP contribution in [0.5, 0.6) is 0 Å². The number of carbonyl (C=O) groups excluding carboxylic acids is 2. The van der Waals surface area contributed by atoms with E-state index in [2.05, 4.69) is 5.32 Å². The normalized spacial score (nSPS) is 20.4. The molecule has 1 heterocycles. The third-order valence-electron chi connectivity index (χ3n) is 3.29.